The summed E-state index contributed by atoms with van der Waals surface area (Å²) in [4.78, 5) is 16.2. The summed E-state index contributed by atoms with van der Waals surface area (Å²) in [5, 5.41) is 13.1. The second kappa shape index (κ2) is 9.54. The van der Waals surface area contributed by atoms with Crippen LogP contribution in [0.15, 0.2) is 21.5 Å². The van der Waals surface area contributed by atoms with Crippen molar-refractivity contribution in [2.24, 2.45) is 4.99 Å². The van der Waals surface area contributed by atoms with Gasteiger partial charge in [-0.1, -0.05) is 0 Å². The van der Waals surface area contributed by atoms with E-state index in [4.69, 9.17) is 4.42 Å². The lowest BCUT2D eigenvalue weighted by atomic mass is 10.4. The Labute approximate surface area is 128 Å². The van der Waals surface area contributed by atoms with Crippen LogP contribution in [0.3, 0.4) is 0 Å². The maximum atomic E-state index is 10.5. The Balaban J connectivity index is 2.21. The molecule has 7 nitrogen and oxygen atoms in total. The fourth-order valence-electron chi connectivity index (χ4n) is 1.60. The van der Waals surface area contributed by atoms with Gasteiger partial charge in [-0.05, 0) is 33.3 Å². The lowest BCUT2D eigenvalue weighted by molar-refractivity contribution is -0.507. The zero-order valence-corrected chi connectivity index (χ0v) is 13.4. The van der Waals surface area contributed by atoms with E-state index in [-0.39, 0.29) is 0 Å². The molecule has 0 aliphatic heterocycles. The second-order valence-electron chi connectivity index (χ2n) is 4.73. The standard InChI is InChI=1S/C13H22N4O3S/c1-14-13(17(18)19)8-15-6-7-21-10-12-5-4-11(20-12)9-16(2)3/h4-5,8,13-14H,6-7,9-10H2,1-3H3. The number of furan rings is 1. The van der Waals surface area contributed by atoms with Crippen molar-refractivity contribution in [3.63, 3.8) is 0 Å². The van der Waals surface area contributed by atoms with Gasteiger partial charge in [-0.2, -0.15) is 11.8 Å². The molecule has 8 heteroatoms. The molecule has 1 aromatic heterocycles. The molecule has 21 heavy (non-hydrogen) atoms. The van der Waals surface area contributed by atoms with Gasteiger partial charge in [-0.3, -0.25) is 20.4 Å². The van der Waals surface area contributed by atoms with Crippen molar-refractivity contribution >= 4 is 18.0 Å². The highest BCUT2D eigenvalue weighted by molar-refractivity contribution is 7.98. The van der Waals surface area contributed by atoms with Crippen molar-refractivity contribution in [2.45, 2.75) is 18.5 Å². The zero-order chi connectivity index (χ0) is 15.7. The van der Waals surface area contributed by atoms with E-state index in [1.165, 1.54) is 13.3 Å². The van der Waals surface area contributed by atoms with Crippen molar-refractivity contribution in [1.29, 1.82) is 0 Å². The number of hydrogen-bond donors (Lipinski definition) is 1. The first kappa shape index (κ1) is 17.7. The van der Waals surface area contributed by atoms with Crippen LogP contribution < -0.4 is 5.32 Å². The predicted molar refractivity (Wildman–Crippen MR) is 85.5 cm³/mol. The van der Waals surface area contributed by atoms with Gasteiger partial charge in [0.1, 0.15) is 11.5 Å². The lowest BCUT2D eigenvalue weighted by Crippen LogP contribution is -2.34. The van der Waals surface area contributed by atoms with Crippen molar-refractivity contribution in [3.8, 4) is 0 Å². The molecule has 1 atom stereocenters. The van der Waals surface area contributed by atoms with Gasteiger partial charge in [0.05, 0.1) is 18.5 Å². The van der Waals surface area contributed by atoms with Gasteiger partial charge in [0.2, 0.25) is 0 Å². The number of rotatable bonds is 10. The molecule has 0 radical (unpaired) electrons. The van der Waals surface area contributed by atoms with Crippen LogP contribution in [0.25, 0.3) is 0 Å². The van der Waals surface area contributed by atoms with Gasteiger partial charge >= 0.3 is 6.17 Å². The van der Waals surface area contributed by atoms with Crippen LogP contribution in [-0.2, 0) is 12.3 Å². The van der Waals surface area contributed by atoms with Gasteiger partial charge in [-0.25, -0.2) is 0 Å². The minimum Gasteiger partial charge on any atom is -0.464 e. The van der Waals surface area contributed by atoms with Crippen molar-refractivity contribution in [3.05, 3.63) is 33.8 Å². The molecule has 1 N–H and O–H groups in total. The average molecular weight is 314 g/mol. The van der Waals surface area contributed by atoms with E-state index in [1.54, 1.807) is 11.8 Å². The van der Waals surface area contributed by atoms with Crippen molar-refractivity contribution in [1.82, 2.24) is 10.2 Å². The molecule has 1 aromatic rings. The van der Waals surface area contributed by atoms with Gasteiger partial charge in [0.15, 0.2) is 0 Å². The second-order valence-corrected chi connectivity index (χ2v) is 5.84. The Morgan fingerprint density at radius 1 is 1.52 bits per heavy atom. The van der Waals surface area contributed by atoms with Crippen LogP contribution in [0, 0.1) is 10.1 Å². The molecule has 0 saturated carbocycles. The summed E-state index contributed by atoms with van der Waals surface area (Å²) in [5.74, 6) is 3.48. The number of aliphatic imine (C=N–C) groups is 1. The summed E-state index contributed by atoms with van der Waals surface area (Å²) in [7, 11) is 5.53. The molecule has 1 rings (SSSR count). The Kier molecular flexibility index (Phi) is 8.03. The fraction of sp³-hybridized carbons (Fsp3) is 0.615. The van der Waals surface area contributed by atoms with E-state index in [1.807, 2.05) is 26.2 Å². The SMILES string of the molecule is CNC(C=NCCSCc1ccc(CN(C)C)o1)[N+](=O)[O-]. The first-order chi connectivity index (χ1) is 10.0. The summed E-state index contributed by atoms with van der Waals surface area (Å²) >= 11 is 1.69. The summed E-state index contributed by atoms with van der Waals surface area (Å²) in [6.45, 7) is 1.35. The number of nitro groups is 1. The molecule has 0 bridgehead atoms. The highest BCUT2D eigenvalue weighted by Gasteiger charge is 2.12. The Bertz CT molecular complexity index is 462. The minimum absolute atomic E-state index is 0.411. The third-order valence-electron chi connectivity index (χ3n) is 2.57. The van der Waals surface area contributed by atoms with Gasteiger partial charge in [0.25, 0.3) is 0 Å². The van der Waals surface area contributed by atoms with E-state index in [9.17, 15) is 10.1 Å². The smallest absolute Gasteiger partial charge is 0.301 e. The predicted octanol–water partition coefficient (Wildman–Crippen LogP) is 1.47. The van der Waals surface area contributed by atoms with E-state index >= 15 is 0 Å². The number of hydrogen-bond acceptors (Lipinski definition) is 7. The van der Waals surface area contributed by atoms with Gasteiger partial charge in [0, 0.05) is 17.2 Å². The van der Waals surface area contributed by atoms with E-state index < -0.39 is 11.1 Å². The van der Waals surface area contributed by atoms with E-state index in [0.29, 0.717) is 6.54 Å². The molecule has 1 unspecified atom stereocenters. The van der Waals surface area contributed by atoms with Crippen LogP contribution in [0.2, 0.25) is 0 Å². The van der Waals surface area contributed by atoms with Crippen molar-refractivity contribution in [2.75, 3.05) is 33.4 Å². The molecular formula is C13H22N4O3S. The molecule has 0 saturated heterocycles. The summed E-state index contributed by atoms with van der Waals surface area (Å²) in [6.07, 6.45) is 0.427. The largest absolute Gasteiger partial charge is 0.464 e. The zero-order valence-electron chi connectivity index (χ0n) is 12.6. The first-order valence-corrected chi connectivity index (χ1v) is 7.79. The maximum absolute atomic E-state index is 10.5. The maximum Gasteiger partial charge on any atom is 0.301 e. The third kappa shape index (κ3) is 7.26. The molecule has 0 spiro atoms. The van der Waals surface area contributed by atoms with Crippen molar-refractivity contribution < 1.29 is 9.34 Å². The van der Waals surface area contributed by atoms with Crippen LogP contribution in [0.1, 0.15) is 11.5 Å². The molecule has 0 fully saturated rings. The normalized spacial score (nSPS) is 13.1. The first-order valence-electron chi connectivity index (χ1n) is 6.63. The average Bonchev–Trinajstić information content (AvgIpc) is 2.84. The molecule has 0 aromatic carbocycles. The summed E-state index contributed by atoms with van der Waals surface area (Å²) < 4.78 is 5.69. The van der Waals surface area contributed by atoms with Crippen LogP contribution in [0.4, 0.5) is 0 Å². The highest BCUT2D eigenvalue weighted by atomic mass is 32.2. The number of thioether (sulfide) groups is 1. The Morgan fingerprint density at radius 3 is 2.86 bits per heavy atom. The molecule has 118 valence electrons. The van der Waals surface area contributed by atoms with Crippen LogP contribution >= 0.6 is 11.8 Å². The highest BCUT2D eigenvalue weighted by Crippen LogP contribution is 2.16. The topological polar surface area (TPSA) is 83.9 Å². The molecular weight excluding hydrogens is 292 g/mol. The molecule has 1 heterocycles. The van der Waals surface area contributed by atoms with E-state index in [0.717, 1.165) is 29.6 Å². The lowest BCUT2D eigenvalue weighted by Gasteiger charge is -2.05. The van der Waals surface area contributed by atoms with Crippen LogP contribution in [0.5, 0.6) is 0 Å². The molecule has 0 aliphatic rings. The Morgan fingerprint density at radius 2 is 2.24 bits per heavy atom. The number of nitrogens with one attached hydrogen (secondary N) is 1. The fourth-order valence-corrected chi connectivity index (χ4v) is 2.33. The molecule has 0 amide bonds. The van der Waals surface area contributed by atoms with Crippen LogP contribution in [-0.4, -0.2) is 55.6 Å². The monoisotopic (exact) mass is 314 g/mol. The van der Waals surface area contributed by atoms with Gasteiger partial charge in [-0.15, -0.1) is 0 Å². The molecule has 0 aliphatic carbocycles. The van der Waals surface area contributed by atoms with Gasteiger partial charge < -0.3 is 9.32 Å². The minimum atomic E-state index is -0.909. The van der Waals surface area contributed by atoms with E-state index in [2.05, 4.69) is 15.2 Å². The quantitative estimate of drug-likeness (QED) is 0.231. The summed E-state index contributed by atoms with van der Waals surface area (Å²) in [5.41, 5.74) is 0. The third-order valence-corrected chi connectivity index (χ3v) is 3.53. The Hall–Kier alpha value is -1.38. The summed E-state index contributed by atoms with van der Waals surface area (Å²) in [6, 6.07) is 3.97. The number of nitrogens with zero attached hydrogens (tertiary/aromatic N) is 3.